The first-order valence-corrected chi connectivity index (χ1v) is 10.7. The van der Waals surface area contributed by atoms with Gasteiger partial charge in [-0.15, -0.1) is 0 Å². The van der Waals surface area contributed by atoms with Crippen molar-refractivity contribution in [3.8, 4) is 0 Å². The summed E-state index contributed by atoms with van der Waals surface area (Å²) in [4.78, 5) is 5.00. The van der Waals surface area contributed by atoms with Crippen LogP contribution in [0.1, 0.15) is 11.1 Å². The number of nitrogens with one attached hydrogen (secondary N) is 2. The van der Waals surface area contributed by atoms with Crippen molar-refractivity contribution >= 4 is 28.8 Å². The van der Waals surface area contributed by atoms with Crippen molar-refractivity contribution in [3.05, 3.63) is 77.9 Å². The van der Waals surface area contributed by atoms with E-state index in [0.29, 0.717) is 0 Å². The van der Waals surface area contributed by atoms with Gasteiger partial charge in [0.15, 0.2) is 0 Å². The van der Waals surface area contributed by atoms with E-state index in [-0.39, 0.29) is 0 Å². The number of nitrogens with zero attached hydrogens (tertiary/aromatic N) is 1. The van der Waals surface area contributed by atoms with Crippen LogP contribution in [0.5, 0.6) is 0 Å². The predicted octanol–water partition coefficient (Wildman–Crippen LogP) is 5.61. The molecular formula is C24H27N3S. The molecule has 144 valence electrons. The predicted molar refractivity (Wildman–Crippen MR) is 121 cm³/mol. The van der Waals surface area contributed by atoms with E-state index in [1.165, 1.54) is 26.6 Å². The zero-order valence-corrected chi connectivity index (χ0v) is 17.4. The normalized spacial score (nSPS) is 14.1. The van der Waals surface area contributed by atoms with Crippen molar-refractivity contribution in [2.24, 2.45) is 0 Å². The molecule has 28 heavy (non-hydrogen) atoms. The van der Waals surface area contributed by atoms with E-state index >= 15 is 0 Å². The van der Waals surface area contributed by atoms with Crippen LogP contribution >= 0.6 is 11.8 Å². The Kier molecular flexibility index (Phi) is 5.89. The summed E-state index contributed by atoms with van der Waals surface area (Å²) < 4.78 is 0. The number of aryl methyl sites for hydroxylation is 2. The van der Waals surface area contributed by atoms with Crippen LogP contribution in [0.3, 0.4) is 0 Å². The number of piperazine rings is 1. The van der Waals surface area contributed by atoms with Crippen LogP contribution in [0.15, 0.2) is 76.5 Å². The highest BCUT2D eigenvalue weighted by Gasteiger charge is 2.15. The number of hydrogen-bond acceptors (Lipinski definition) is 4. The van der Waals surface area contributed by atoms with Crippen LogP contribution in [-0.4, -0.2) is 26.2 Å². The molecule has 1 aliphatic heterocycles. The molecule has 0 aliphatic carbocycles. The lowest BCUT2D eigenvalue weighted by Gasteiger charge is -2.31. The molecule has 3 aromatic carbocycles. The first-order chi connectivity index (χ1) is 13.7. The van der Waals surface area contributed by atoms with Crippen molar-refractivity contribution < 1.29 is 0 Å². The van der Waals surface area contributed by atoms with Crippen molar-refractivity contribution in [2.45, 2.75) is 23.6 Å². The Morgan fingerprint density at radius 1 is 0.821 bits per heavy atom. The standard InChI is InChI=1S/C24H27N3S/c1-18-11-12-23(19(2)17-18)28-24-10-6-4-8-21(24)26-20-7-3-5-9-22(20)27-15-13-25-14-16-27/h3-12,17,25-26H,13-16H2,1-2H3. The van der Waals surface area contributed by atoms with Crippen LogP contribution < -0.4 is 15.5 Å². The molecule has 0 atom stereocenters. The molecule has 1 aliphatic rings. The lowest BCUT2D eigenvalue weighted by atomic mass is 10.2. The third kappa shape index (κ3) is 4.34. The first kappa shape index (κ1) is 18.9. The van der Waals surface area contributed by atoms with Gasteiger partial charge >= 0.3 is 0 Å². The first-order valence-electron chi connectivity index (χ1n) is 9.86. The number of rotatable bonds is 5. The van der Waals surface area contributed by atoms with Crippen LogP contribution in [-0.2, 0) is 0 Å². The van der Waals surface area contributed by atoms with E-state index < -0.39 is 0 Å². The summed E-state index contributed by atoms with van der Waals surface area (Å²) in [5, 5.41) is 7.14. The Hall–Kier alpha value is -2.43. The van der Waals surface area contributed by atoms with Gasteiger partial charge in [0, 0.05) is 36.0 Å². The Morgan fingerprint density at radius 3 is 2.32 bits per heavy atom. The average Bonchev–Trinajstić information content (AvgIpc) is 2.72. The summed E-state index contributed by atoms with van der Waals surface area (Å²) in [6, 6.07) is 23.8. The molecule has 2 N–H and O–H groups in total. The van der Waals surface area contributed by atoms with Crippen molar-refractivity contribution in [3.63, 3.8) is 0 Å². The minimum atomic E-state index is 1.04. The molecule has 0 unspecified atom stereocenters. The number of hydrogen-bond donors (Lipinski definition) is 2. The second kappa shape index (κ2) is 8.72. The Bertz CT molecular complexity index is 948. The van der Waals surface area contributed by atoms with Gasteiger partial charge in [0.25, 0.3) is 0 Å². The molecule has 1 heterocycles. The maximum atomic E-state index is 3.71. The second-order valence-corrected chi connectivity index (χ2v) is 8.33. The molecule has 1 fully saturated rings. The van der Waals surface area contributed by atoms with Crippen LogP contribution in [0.2, 0.25) is 0 Å². The maximum absolute atomic E-state index is 3.71. The molecule has 0 spiro atoms. The van der Waals surface area contributed by atoms with Crippen molar-refractivity contribution in [1.29, 1.82) is 0 Å². The smallest absolute Gasteiger partial charge is 0.0622 e. The fourth-order valence-electron chi connectivity index (χ4n) is 3.60. The topological polar surface area (TPSA) is 27.3 Å². The summed E-state index contributed by atoms with van der Waals surface area (Å²) in [6.07, 6.45) is 0. The van der Waals surface area contributed by atoms with Crippen molar-refractivity contribution in [2.75, 3.05) is 36.4 Å². The van der Waals surface area contributed by atoms with Gasteiger partial charge in [0.1, 0.15) is 0 Å². The molecule has 0 radical (unpaired) electrons. The van der Waals surface area contributed by atoms with Gasteiger partial charge in [0.05, 0.1) is 17.1 Å². The van der Waals surface area contributed by atoms with Crippen molar-refractivity contribution in [1.82, 2.24) is 5.32 Å². The highest BCUT2D eigenvalue weighted by atomic mass is 32.2. The van der Waals surface area contributed by atoms with Crippen LogP contribution in [0.4, 0.5) is 17.1 Å². The number of para-hydroxylation sites is 3. The molecule has 0 saturated carbocycles. The van der Waals surface area contributed by atoms with Crippen LogP contribution in [0, 0.1) is 13.8 Å². The van der Waals surface area contributed by atoms with Gasteiger partial charge in [-0.25, -0.2) is 0 Å². The van der Waals surface area contributed by atoms with Gasteiger partial charge in [-0.3, -0.25) is 0 Å². The van der Waals surface area contributed by atoms with Gasteiger partial charge in [0.2, 0.25) is 0 Å². The Labute approximate surface area is 172 Å². The molecule has 3 nitrogen and oxygen atoms in total. The lowest BCUT2D eigenvalue weighted by molar-refractivity contribution is 0.589. The van der Waals surface area contributed by atoms with Gasteiger partial charge in [-0.2, -0.15) is 0 Å². The quantitative estimate of drug-likeness (QED) is 0.593. The van der Waals surface area contributed by atoms with E-state index in [4.69, 9.17) is 0 Å². The minimum absolute atomic E-state index is 1.04. The van der Waals surface area contributed by atoms with E-state index in [2.05, 4.69) is 96.1 Å². The second-order valence-electron chi connectivity index (χ2n) is 7.25. The summed E-state index contributed by atoms with van der Waals surface area (Å²) >= 11 is 1.82. The lowest BCUT2D eigenvalue weighted by Crippen LogP contribution is -2.43. The zero-order valence-electron chi connectivity index (χ0n) is 16.5. The Morgan fingerprint density at radius 2 is 1.54 bits per heavy atom. The highest BCUT2D eigenvalue weighted by molar-refractivity contribution is 7.99. The molecule has 4 heteroatoms. The maximum Gasteiger partial charge on any atom is 0.0622 e. The third-order valence-corrected chi connectivity index (χ3v) is 6.32. The SMILES string of the molecule is Cc1ccc(Sc2ccccc2Nc2ccccc2N2CCNCC2)c(C)c1. The molecule has 0 aromatic heterocycles. The van der Waals surface area contributed by atoms with Gasteiger partial charge < -0.3 is 15.5 Å². The van der Waals surface area contributed by atoms with Gasteiger partial charge in [-0.1, -0.05) is 53.7 Å². The minimum Gasteiger partial charge on any atom is -0.367 e. The van der Waals surface area contributed by atoms with Crippen LogP contribution in [0.25, 0.3) is 0 Å². The van der Waals surface area contributed by atoms with E-state index in [1.807, 2.05) is 11.8 Å². The highest BCUT2D eigenvalue weighted by Crippen LogP contribution is 2.38. The van der Waals surface area contributed by atoms with Gasteiger partial charge in [-0.05, 0) is 49.7 Å². The fourth-order valence-corrected chi connectivity index (χ4v) is 4.57. The molecule has 3 aromatic rings. The van der Waals surface area contributed by atoms with E-state index in [1.54, 1.807) is 0 Å². The number of benzene rings is 3. The number of anilines is 3. The van der Waals surface area contributed by atoms with E-state index in [9.17, 15) is 0 Å². The molecule has 0 bridgehead atoms. The summed E-state index contributed by atoms with van der Waals surface area (Å²) in [6.45, 7) is 8.48. The molecule has 1 saturated heterocycles. The summed E-state index contributed by atoms with van der Waals surface area (Å²) in [7, 11) is 0. The zero-order chi connectivity index (χ0) is 19.3. The fraction of sp³-hybridized carbons (Fsp3) is 0.250. The summed E-state index contributed by atoms with van der Waals surface area (Å²) in [5.74, 6) is 0. The third-order valence-electron chi connectivity index (χ3n) is 5.07. The Balaban J connectivity index is 1.61. The molecule has 0 amide bonds. The molecular weight excluding hydrogens is 362 g/mol. The largest absolute Gasteiger partial charge is 0.367 e. The average molecular weight is 390 g/mol. The molecule has 4 rings (SSSR count). The van der Waals surface area contributed by atoms with E-state index in [0.717, 1.165) is 37.6 Å². The summed E-state index contributed by atoms with van der Waals surface area (Å²) in [5.41, 5.74) is 6.21. The monoisotopic (exact) mass is 389 g/mol.